The monoisotopic (exact) mass is 147 g/mol. The van der Waals surface area contributed by atoms with Gasteiger partial charge in [-0.05, 0) is 6.42 Å². The van der Waals surface area contributed by atoms with Crippen molar-refractivity contribution < 1.29 is 0 Å². The zero-order valence-electron chi connectivity index (χ0n) is 7.32. The Kier molecular flexibility index (Phi) is 16.1. The number of terminal acetylenes is 1. The van der Waals surface area contributed by atoms with Gasteiger partial charge >= 0.3 is 0 Å². The maximum Gasteiger partial charge on any atom is 0.00860 e. The van der Waals surface area contributed by atoms with Crippen LogP contribution in [0.25, 0.3) is 0 Å². The summed E-state index contributed by atoms with van der Waals surface area (Å²) in [5.41, 5.74) is 0. The molecule has 0 nitrogen and oxygen atoms in total. The molecule has 0 saturated heterocycles. The fourth-order valence-electron chi connectivity index (χ4n) is 0.831. The Hall–Kier alpha value is 0.560. The summed E-state index contributed by atoms with van der Waals surface area (Å²) in [4.78, 5) is 0. The Morgan fingerprint density at radius 2 is 1.70 bits per heavy atom. The molecular formula is C9H16Na. The van der Waals surface area contributed by atoms with Crippen LogP contribution in [0.1, 0.15) is 45.4 Å². The van der Waals surface area contributed by atoms with Gasteiger partial charge in [0.05, 0.1) is 0 Å². The second-order valence-corrected chi connectivity index (χ2v) is 2.37. The molecular weight excluding hydrogens is 131 g/mol. The summed E-state index contributed by atoms with van der Waals surface area (Å²) in [6.45, 7) is 2.22. The minimum atomic E-state index is 0. The van der Waals surface area contributed by atoms with Gasteiger partial charge in [0.25, 0.3) is 0 Å². The molecule has 0 aliphatic heterocycles. The van der Waals surface area contributed by atoms with Crippen LogP contribution in [0, 0.1) is 12.3 Å². The fourth-order valence-corrected chi connectivity index (χ4v) is 0.831. The maximum atomic E-state index is 5.09. The first-order chi connectivity index (χ1) is 4.41. The fraction of sp³-hybridized carbons (Fsp3) is 0.778. The van der Waals surface area contributed by atoms with Gasteiger partial charge in [-0.3, -0.25) is 0 Å². The summed E-state index contributed by atoms with van der Waals surface area (Å²) in [5, 5.41) is 0. The zero-order chi connectivity index (χ0) is 6.95. The van der Waals surface area contributed by atoms with Crippen LogP contribution in [0.15, 0.2) is 0 Å². The summed E-state index contributed by atoms with van der Waals surface area (Å²) < 4.78 is 0. The third kappa shape index (κ3) is 11.4. The predicted octanol–water partition coefficient (Wildman–Crippen LogP) is 2.60. The molecule has 10 heavy (non-hydrogen) atoms. The van der Waals surface area contributed by atoms with E-state index in [9.17, 15) is 0 Å². The van der Waals surface area contributed by atoms with E-state index in [2.05, 4.69) is 12.8 Å². The van der Waals surface area contributed by atoms with E-state index < -0.39 is 0 Å². The van der Waals surface area contributed by atoms with E-state index in [-0.39, 0.29) is 29.6 Å². The summed E-state index contributed by atoms with van der Waals surface area (Å²) >= 11 is 0. The molecule has 0 aromatic rings. The van der Waals surface area contributed by atoms with Crippen LogP contribution in [0.5, 0.6) is 0 Å². The SMILES string of the molecule is C#CCCCCCCC.[Na]. The third-order valence-corrected chi connectivity index (χ3v) is 1.42. The molecule has 0 bridgehead atoms. The smallest absolute Gasteiger partial charge is 0.00860 e. The topological polar surface area (TPSA) is 0 Å². The molecule has 0 atom stereocenters. The van der Waals surface area contributed by atoms with Crippen LogP contribution in [0.4, 0.5) is 0 Å². The maximum absolute atomic E-state index is 5.09. The largest absolute Gasteiger partial charge is 0.120 e. The second kappa shape index (κ2) is 12.3. The molecule has 0 spiro atoms. The van der Waals surface area contributed by atoms with Gasteiger partial charge in [-0.15, -0.1) is 12.3 Å². The van der Waals surface area contributed by atoms with E-state index in [0.29, 0.717) is 0 Å². The molecule has 0 rings (SSSR count). The summed E-state index contributed by atoms with van der Waals surface area (Å²) in [6.07, 6.45) is 12.6. The minimum Gasteiger partial charge on any atom is -0.120 e. The van der Waals surface area contributed by atoms with Crippen molar-refractivity contribution >= 4 is 29.6 Å². The van der Waals surface area contributed by atoms with E-state index in [1.807, 2.05) is 0 Å². The number of rotatable bonds is 5. The molecule has 0 aromatic carbocycles. The van der Waals surface area contributed by atoms with Crippen molar-refractivity contribution in [3.05, 3.63) is 0 Å². The van der Waals surface area contributed by atoms with Gasteiger partial charge in [-0.1, -0.05) is 32.6 Å². The predicted molar refractivity (Wildman–Crippen MR) is 48.0 cm³/mol. The van der Waals surface area contributed by atoms with Gasteiger partial charge in [-0.2, -0.15) is 0 Å². The number of unbranched alkanes of at least 4 members (excludes halogenated alkanes) is 5. The molecule has 1 radical (unpaired) electrons. The van der Waals surface area contributed by atoms with Crippen molar-refractivity contribution in [3.8, 4) is 12.3 Å². The molecule has 1 heteroatoms. The molecule has 0 heterocycles. The molecule has 0 amide bonds. The van der Waals surface area contributed by atoms with Crippen molar-refractivity contribution in [3.63, 3.8) is 0 Å². The quantitative estimate of drug-likeness (QED) is 0.318. The Morgan fingerprint density at radius 1 is 1.10 bits per heavy atom. The van der Waals surface area contributed by atoms with Crippen LogP contribution in [0.3, 0.4) is 0 Å². The first-order valence-electron chi connectivity index (χ1n) is 3.85. The minimum absolute atomic E-state index is 0. The van der Waals surface area contributed by atoms with E-state index in [0.717, 1.165) is 6.42 Å². The van der Waals surface area contributed by atoms with Crippen molar-refractivity contribution in [2.75, 3.05) is 0 Å². The van der Waals surface area contributed by atoms with Gasteiger partial charge in [0.2, 0.25) is 0 Å². The Labute approximate surface area is 87.1 Å². The van der Waals surface area contributed by atoms with Crippen LogP contribution < -0.4 is 0 Å². The van der Waals surface area contributed by atoms with E-state index in [4.69, 9.17) is 6.42 Å². The second-order valence-electron chi connectivity index (χ2n) is 2.37. The van der Waals surface area contributed by atoms with Gasteiger partial charge in [0, 0.05) is 36.0 Å². The van der Waals surface area contributed by atoms with Gasteiger partial charge < -0.3 is 0 Å². The van der Waals surface area contributed by atoms with Gasteiger partial charge in [-0.25, -0.2) is 0 Å². The van der Waals surface area contributed by atoms with Crippen LogP contribution >= 0.6 is 0 Å². The third-order valence-electron chi connectivity index (χ3n) is 1.42. The van der Waals surface area contributed by atoms with Gasteiger partial charge in [0.15, 0.2) is 0 Å². The zero-order valence-corrected chi connectivity index (χ0v) is 9.32. The standard InChI is InChI=1S/C9H16.Na/c1-3-5-7-9-8-6-4-2;/h1H,4-9H2,2H3;. The average Bonchev–Trinajstić information content (AvgIpc) is 1.89. The summed E-state index contributed by atoms with van der Waals surface area (Å²) in [5.74, 6) is 2.64. The van der Waals surface area contributed by atoms with Crippen molar-refractivity contribution in [2.45, 2.75) is 45.4 Å². The van der Waals surface area contributed by atoms with Crippen LogP contribution in [-0.4, -0.2) is 29.6 Å². The molecule has 0 fully saturated rings. The number of hydrogen-bond donors (Lipinski definition) is 0. The van der Waals surface area contributed by atoms with Crippen LogP contribution in [-0.2, 0) is 0 Å². The van der Waals surface area contributed by atoms with Crippen molar-refractivity contribution in [1.29, 1.82) is 0 Å². The van der Waals surface area contributed by atoms with Crippen LogP contribution in [0.2, 0.25) is 0 Å². The summed E-state index contributed by atoms with van der Waals surface area (Å²) in [7, 11) is 0. The Balaban J connectivity index is 0. The average molecular weight is 147 g/mol. The van der Waals surface area contributed by atoms with Crippen molar-refractivity contribution in [1.82, 2.24) is 0 Å². The molecule has 0 N–H and O–H groups in total. The molecule has 0 aromatic heterocycles. The van der Waals surface area contributed by atoms with E-state index >= 15 is 0 Å². The Bertz CT molecular complexity index is 81.2. The first kappa shape index (κ1) is 13.2. The number of hydrogen-bond acceptors (Lipinski definition) is 0. The first-order valence-corrected chi connectivity index (χ1v) is 3.85. The molecule has 0 aliphatic rings. The molecule has 0 unspecified atom stereocenters. The Morgan fingerprint density at radius 3 is 2.20 bits per heavy atom. The van der Waals surface area contributed by atoms with E-state index in [1.54, 1.807) is 0 Å². The van der Waals surface area contributed by atoms with Gasteiger partial charge in [0.1, 0.15) is 0 Å². The van der Waals surface area contributed by atoms with Crippen molar-refractivity contribution in [2.24, 2.45) is 0 Å². The molecule has 0 aliphatic carbocycles. The summed E-state index contributed by atoms with van der Waals surface area (Å²) in [6, 6.07) is 0. The molecule has 0 saturated carbocycles. The van der Waals surface area contributed by atoms with E-state index in [1.165, 1.54) is 32.1 Å². The molecule has 53 valence electrons. The normalized spacial score (nSPS) is 8.00.